The highest BCUT2D eigenvalue weighted by Crippen LogP contribution is 1.97. The Morgan fingerprint density at radius 2 is 2.38 bits per heavy atom. The average Bonchev–Trinajstić information content (AvgIpc) is 2.19. The van der Waals surface area contributed by atoms with Gasteiger partial charge in [-0.3, -0.25) is 9.78 Å². The number of aliphatic hydroxyl groups is 1. The van der Waals surface area contributed by atoms with Crippen LogP contribution in [0.5, 0.6) is 0 Å². The molecule has 13 heavy (non-hydrogen) atoms. The normalized spacial score (nSPS) is 9.92. The Morgan fingerprint density at radius 3 is 2.92 bits per heavy atom. The number of nitrogens with one attached hydrogen (secondary N) is 1. The van der Waals surface area contributed by atoms with Crippen LogP contribution in [-0.4, -0.2) is 29.5 Å². The number of aliphatic hydroxyl groups excluding tert-OH is 1. The minimum Gasteiger partial charge on any atom is -0.395 e. The third-order valence-electron chi connectivity index (χ3n) is 1.59. The average molecular weight is 180 g/mol. The summed E-state index contributed by atoms with van der Waals surface area (Å²) in [4.78, 5) is 14.2. The molecule has 70 valence electrons. The number of aromatic nitrogens is 1. The summed E-state index contributed by atoms with van der Waals surface area (Å²) in [6.45, 7) is 1.35. The molecule has 0 unspecified atom stereocenters. The maximum atomic E-state index is 10.3. The second-order valence-electron chi connectivity index (χ2n) is 2.61. The zero-order chi connectivity index (χ0) is 9.52. The standard InChI is InChI=1S/C9H12N2O2/c12-4-3-10-5-8-1-2-9(7-13)11-6-8/h1-2,6-7,10,12H,3-5H2. The van der Waals surface area contributed by atoms with Gasteiger partial charge in [-0.1, -0.05) is 6.07 Å². The Hall–Kier alpha value is -1.26. The summed E-state index contributed by atoms with van der Waals surface area (Å²) < 4.78 is 0. The molecule has 1 heterocycles. The number of hydrogen-bond acceptors (Lipinski definition) is 4. The van der Waals surface area contributed by atoms with Crippen LogP contribution in [0.25, 0.3) is 0 Å². The molecule has 0 aliphatic carbocycles. The van der Waals surface area contributed by atoms with Gasteiger partial charge in [0, 0.05) is 19.3 Å². The first-order valence-electron chi connectivity index (χ1n) is 4.08. The minimum atomic E-state index is 0.125. The topological polar surface area (TPSA) is 62.2 Å². The maximum Gasteiger partial charge on any atom is 0.168 e. The molecule has 1 aromatic rings. The van der Waals surface area contributed by atoms with Crippen LogP contribution in [0, 0.1) is 0 Å². The smallest absolute Gasteiger partial charge is 0.168 e. The number of pyridine rings is 1. The highest BCUT2D eigenvalue weighted by atomic mass is 16.3. The van der Waals surface area contributed by atoms with Crippen molar-refractivity contribution in [2.45, 2.75) is 6.54 Å². The molecule has 1 rings (SSSR count). The zero-order valence-electron chi connectivity index (χ0n) is 7.23. The first kappa shape index (κ1) is 9.83. The molecule has 0 saturated carbocycles. The van der Waals surface area contributed by atoms with Gasteiger partial charge in [-0.05, 0) is 11.6 Å². The minimum absolute atomic E-state index is 0.125. The SMILES string of the molecule is O=Cc1ccc(CNCCO)cn1. The van der Waals surface area contributed by atoms with Crippen molar-refractivity contribution in [2.75, 3.05) is 13.2 Å². The fraction of sp³-hybridized carbons (Fsp3) is 0.333. The number of rotatable bonds is 5. The molecule has 0 fully saturated rings. The molecular formula is C9H12N2O2. The van der Waals surface area contributed by atoms with Crippen molar-refractivity contribution in [1.29, 1.82) is 0 Å². The third kappa shape index (κ3) is 3.31. The zero-order valence-corrected chi connectivity index (χ0v) is 7.23. The lowest BCUT2D eigenvalue weighted by Crippen LogP contribution is -2.17. The molecule has 0 amide bonds. The number of nitrogens with zero attached hydrogens (tertiary/aromatic N) is 1. The largest absolute Gasteiger partial charge is 0.395 e. The summed E-state index contributed by atoms with van der Waals surface area (Å²) in [5.74, 6) is 0. The lowest BCUT2D eigenvalue weighted by Gasteiger charge is -2.01. The van der Waals surface area contributed by atoms with E-state index in [0.29, 0.717) is 25.1 Å². The Kier molecular flexibility index (Phi) is 4.08. The van der Waals surface area contributed by atoms with Crippen molar-refractivity contribution >= 4 is 6.29 Å². The molecule has 0 spiro atoms. The van der Waals surface area contributed by atoms with Crippen LogP contribution in [0.3, 0.4) is 0 Å². The number of carbonyl (C=O) groups is 1. The molecule has 1 aromatic heterocycles. The molecule has 0 bridgehead atoms. The molecule has 2 N–H and O–H groups in total. The van der Waals surface area contributed by atoms with E-state index < -0.39 is 0 Å². The molecular weight excluding hydrogens is 168 g/mol. The van der Waals surface area contributed by atoms with Crippen molar-refractivity contribution in [3.05, 3.63) is 29.6 Å². The van der Waals surface area contributed by atoms with Gasteiger partial charge in [-0.2, -0.15) is 0 Å². The lowest BCUT2D eigenvalue weighted by molar-refractivity contribution is 0.111. The van der Waals surface area contributed by atoms with E-state index in [9.17, 15) is 4.79 Å². The number of aldehydes is 1. The monoisotopic (exact) mass is 180 g/mol. The van der Waals surface area contributed by atoms with E-state index >= 15 is 0 Å². The van der Waals surface area contributed by atoms with E-state index in [-0.39, 0.29) is 6.61 Å². The first-order chi connectivity index (χ1) is 6.36. The van der Waals surface area contributed by atoms with Gasteiger partial charge in [-0.25, -0.2) is 0 Å². The Morgan fingerprint density at radius 1 is 1.54 bits per heavy atom. The van der Waals surface area contributed by atoms with Gasteiger partial charge in [0.15, 0.2) is 6.29 Å². The number of carbonyl (C=O) groups excluding carboxylic acids is 1. The summed E-state index contributed by atoms with van der Waals surface area (Å²) in [6, 6.07) is 3.50. The van der Waals surface area contributed by atoms with Crippen molar-refractivity contribution in [3.8, 4) is 0 Å². The van der Waals surface area contributed by atoms with Gasteiger partial charge < -0.3 is 10.4 Å². The van der Waals surface area contributed by atoms with Gasteiger partial charge in [0.1, 0.15) is 5.69 Å². The molecule has 0 aromatic carbocycles. The van der Waals surface area contributed by atoms with Crippen LogP contribution in [0.15, 0.2) is 18.3 Å². The lowest BCUT2D eigenvalue weighted by atomic mass is 10.2. The number of hydrogen-bond donors (Lipinski definition) is 2. The molecule has 0 aliphatic rings. The molecule has 0 atom stereocenters. The molecule has 4 heteroatoms. The quantitative estimate of drug-likeness (QED) is 0.493. The van der Waals surface area contributed by atoms with Gasteiger partial charge in [-0.15, -0.1) is 0 Å². The first-order valence-corrected chi connectivity index (χ1v) is 4.08. The molecule has 0 aliphatic heterocycles. The molecule has 4 nitrogen and oxygen atoms in total. The predicted octanol–water partition coefficient (Wildman–Crippen LogP) is -0.0240. The Balaban J connectivity index is 2.44. The van der Waals surface area contributed by atoms with Crippen molar-refractivity contribution < 1.29 is 9.90 Å². The van der Waals surface area contributed by atoms with E-state index in [1.165, 1.54) is 0 Å². The van der Waals surface area contributed by atoms with Crippen LogP contribution < -0.4 is 5.32 Å². The van der Waals surface area contributed by atoms with Crippen LogP contribution in [-0.2, 0) is 6.54 Å². The Bertz CT molecular complexity index is 259. The highest BCUT2D eigenvalue weighted by molar-refractivity contribution is 5.71. The maximum absolute atomic E-state index is 10.3. The molecule has 0 radical (unpaired) electrons. The summed E-state index contributed by atoms with van der Waals surface area (Å²) in [5.41, 5.74) is 1.44. The van der Waals surface area contributed by atoms with E-state index in [1.54, 1.807) is 12.3 Å². The van der Waals surface area contributed by atoms with Crippen LogP contribution >= 0.6 is 0 Å². The van der Waals surface area contributed by atoms with Crippen LogP contribution in [0.4, 0.5) is 0 Å². The van der Waals surface area contributed by atoms with Gasteiger partial charge in [0.2, 0.25) is 0 Å². The summed E-state index contributed by atoms with van der Waals surface area (Å²) in [6.07, 6.45) is 2.36. The summed E-state index contributed by atoms with van der Waals surface area (Å²) in [7, 11) is 0. The summed E-state index contributed by atoms with van der Waals surface area (Å²) >= 11 is 0. The van der Waals surface area contributed by atoms with Crippen LogP contribution in [0.1, 0.15) is 16.1 Å². The second kappa shape index (κ2) is 5.40. The third-order valence-corrected chi connectivity index (χ3v) is 1.59. The van der Waals surface area contributed by atoms with E-state index in [2.05, 4.69) is 10.3 Å². The fourth-order valence-electron chi connectivity index (χ4n) is 0.922. The second-order valence-corrected chi connectivity index (χ2v) is 2.61. The van der Waals surface area contributed by atoms with Crippen LogP contribution in [0.2, 0.25) is 0 Å². The van der Waals surface area contributed by atoms with Gasteiger partial charge in [0.25, 0.3) is 0 Å². The van der Waals surface area contributed by atoms with Crippen molar-refractivity contribution in [1.82, 2.24) is 10.3 Å². The van der Waals surface area contributed by atoms with Crippen molar-refractivity contribution in [2.24, 2.45) is 0 Å². The van der Waals surface area contributed by atoms with Gasteiger partial charge >= 0.3 is 0 Å². The van der Waals surface area contributed by atoms with E-state index in [4.69, 9.17) is 5.11 Å². The van der Waals surface area contributed by atoms with E-state index in [0.717, 1.165) is 5.56 Å². The van der Waals surface area contributed by atoms with Gasteiger partial charge in [0.05, 0.1) is 6.61 Å². The Labute approximate surface area is 76.6 Å². The molecule has 0 saturated heterocycles. The predicted molar refractivity (Wildman–Crippen MR) is 48.4 cm³/mol. The van der Waals surface area contributed by atoms with Crippen molar-refractivity contribution in [3.63, 3.8) is 0 Å². The highest BCUT2D eigenvalue weighted by Gasteiger charge is 1.93. The van der Waals surface area contributed by atoms with E-state index in [1.807, 2.05) is 6.07 Å². The fourth-order valence-corrected chi connectivity index (χ4v) is 0.922. The summed E-state index contributed by atoms with van der Waals surface area (Å²) in [5, 5.41) is 11.5.